The number of rotatable bonds is 5. The zero-order valence-electron chi connectivity index (χ0n) is 11.5. The molecule has 0 saturated heterocycles. The van der Waals surface area contributed by atoms with E-state index in [-0.39, 0.29) is 17.9 Å². The van der Waals surface area contributed by atoms with Gasteiger partial charge in [-0.3, -0.25) is 9.78 Å². The molecule has 1 heterocycles. The van der Waals surface area contributed by atoms with Crippen molar-refractivity contribution in [3.8, 4) is 0 Å². The van der Waals surface area contributed by atoms with Crippen molar-refractivity contribution in [1.82, 2.24) is 10.3 Å². The first-order valence-electron chi connectivity index (χ1n) is 6.93. The lowest BCUT2D eigenvalue weighted by Crippen LogP contribution is -2.39. The van der Waals surface area contributed by atoms with Crippen molar-refractivity contribution in [2.75, 3.05) is 13.2 Å². The quantitative estimate of drug-likeness (QED) is 0.847. The summed E-state index contributed by atoms with van der Waals surface area (Å²) in [6.07, 6.45) is 6.33. The number of aliphatic hydroxyl groups excluding tert-OH is 1. The molecule has 1 aromatic heterocycles. The Morgan fingerprint density at radius 1 is 1.47 bits per heavy atom. The molecule has 1 saturated carbocycles. The second-order valence-electron chi connectivity index (χ2n) is 5.59. The van der Waals surface area contributed by atoms with Crippen LogP contribution in [0.4, 0.5) is 0 Å². The van der Waals surface area contributed by atoms with Gasteiger partial charge in [-0.1, -0.05) is 18.9 Å². The summed E-state index contributed by atoms with van der Waals surface area (Å²) in [4.78, 5) is 16.2. The molecular weight excluding hydrogens is 240 g/mol. The monoisotopic (exact) mass is 262 g/mol. The van der Waals surface area contributed by atoms with Gasteiger partial charge < -0.3 is 10.4 Å². The van der Waals surface area contributed by atoms with Crippen molar-refractivity contribution in [3.63, 3.8) is 0 Å². The number of amides is 1. The maximum atomic E-state index is 11.9. The first-order chi connectivity index (χ1) is 9.15. The molecule has 0 aliphatic heterocycles. The van der Waals surface area contributed by atoms with Crippen molar-refractivity contribution in [2.24, 2.45) is 5.41 Å². The molecule has 19 heavy (non-hydrogen) atoms. The first kappa shape index (κ1) is 14.0. The van der Waals surface area contributed by atoms with Gasteiger partial charge in [0.1, 0.15) is 0 Å². The molecule has 4 nitrogen and oxygen atoms in total. The largest absolute Gasteiger partial charge is 0.396 e. The van der Waals surface area contributed by atoms with E-state index < -0.39 is 0 Å². The Labute approximate surface area is 114 Å². The van der Waals surface area contributed by atoms with Crippen LogP contribution >= 0.6 is 0 Å². The number of hydrogen-bond acceptors (Lipinski definition) is 3. The lowest BCUT2D eigenvalue weighted by Gasteiger charge is -2.26. The van der Waals surface area contributed by atoms with Crippen molar-refractivity contribution >= 4 is 5.91 Å². The van der Waals surface area contributed by atoms with E-state index in [9.17, 15) is 9.90 Å². The number of aliphatic hydroxyl groups is 1. The molecule has 4 heteroatoms. The molecule has 1 aromatic rings. The predicted octanol–water partition coefficient (Wildman–Crippen LogP) is 1.60. The summed E-state index contributed by atoms with van der Waals surface area (Å²) in [5, 5.41) is 12.5. The smallest absolute Gasteiger partial charge is 0.226 e. The Balaban J connectivity index is 1.86. The molecule has 0 radical (unpaired) electrons. The summed E-state index contributed by atoms with van der Waals surface area (Å²) in [7, 11) is 0. The van der Waals surface area contributed by atoms with Crippen LogP contribution < -0.4 is 5.32 Å². The Morgan fingerprint density at radius 2 is 2.21 bits per heavy atom. The molecule has 1 fully saturated rings. The lowest BCUT2D eigenvalue weighted by atomic mass is 9.87. The minimum Gasteiger partial charge on any atom is -0.396 e. The van der Waals surface area contributed by atoms with Crippen molar-refractivity contribution in [2.45, 2.75) is 39.0 Å². The van der Waals surface area contributed by atoms with Crippen molar-refractivity contribution in [3.05, 3.63) is 29.6 Å². The average Bonchev–Trinajstić information content (AvgIpc) is 2.89. The van der Waals surface area contributed by atoms with Crippen LogP contribution in [-0.4, -0.2) is 29.1 Å². The van der Waals surface area contributed by atoms with Crippen LogP contribution in [-0.2, 0) is 11.2 Å². The number of nitrogens with one attached hydrogen (secondary N) is 1. The third-order valence-electron chi connectivity index (χ3n) is 4.11. The van der Waals surface area contributed by atoms with Gasteiger partial charge in [-0.25, -0.2) is 0 Å². The van der Waals surface area contributed by atoms with Gasteiger partial charge in [0.05, 0.1) is 18.7 Å². The zero-order valence-corrected chi connectivity index (χ0v) is 11.5. The summed E-state index contributed by atoms with van der Waals surface area (Å²) in [6, 6.07) is 3.83. The number of carbonyl (C=O) groups excluding carboxylic acids is 1. The van der Waals surface area contributed by atoms with Gasteiger partial charge in [0.25, 0.3) is 0 Å². The topological polar surface area (TPSA) is 62.2 Å². The first-order valence-corrected chi connectivity index (χ1v) is 6.93. The van der Waals surface area contributed by atoms with Crippen LogP contribution in [0.3, 0.4) is 0 Å². The summed E-state index contributed by atoms with van der Waals surface area (Å²) in [6.45, 7) is 2.70. The van der Waals surface area contributed by atoms with E-state index in [0.29, 0.717) is 13.0 Å². The van der Waals surface area contributed by atoms with E-state index in [2.05, 4.69) is 10.3 Å². The molecule has 2 N–H and O–H groups in total. The Morgan fingerprint density at radius 3 is 2.84 bits per heavy atom. The summed E-state index contributed by atoms with van der Waals surface area (Å²) in [5.74, 6) is -0.0125. The van der Waals surface area contributed by atoms with Gasteiger partial charge in [0.2, 0.25) is 5.91 Å². The average molecular weight is 262 g/mol. The highest BCUT2D eigenvalue weighted by atomic mass is 16.3. The molecule has 104 valence electrons. The Bertz CT molecular complexity index is 440. The lowest BCUT2D eigenvalue weighted by molar-refractivity contribution is -0.121. The van der Waals surface area contributed by atoms with Crippen LogP contribution in [0.25, 0.3) is 0 Å². The standard InChI is InChI=1S/C15H22N2O2/c1-12-5-4-8-16-13(12)9-14(19)17-10-15(11-18)6-2-3-7-15/h4-5,8,18H,2-3,6-7,9-11H2,1H3,(H,17,19). The van der Waals surface area contributed by atoms with Crippen LogP contribution in [0.15, 0.2) is 18.3 Å². The SMILES string of the molecule is Cc1cccnc1CC(=O)NCC1(CO)CCCC1. The maximum Gasteiger partial charge on any atom is 0.226 e. The van der Waals surface area contributed by atoms with Gasteiger partial charge in [-0.05, 0) is 31.4 Å². The van der Waals surface area contributed by atoms with E-state index in [0.717, 1.165) is 36.9 Å². The molecule has 1 amide bonds. The normalized spacial score (nSPS) is 17.4. The Kier molecular flexibility index (Phi) is 4.53. The predicted molar refractivity (Wildman–Crippen MR) is 73.7 cm³/mol. The van der Waals surface area contributed by atoms with E-state index in [1.807, 2.05) is 19.1 Å². The third-order valence-corrected chi connectivity index (χ3v) is 4.11. The van der Waals surface area contributed by atoms with Crippen molar-refractivity contribution < 1.29 is 9.90 Å². The number of carbonyl (C=O) groups is 1. The van der Waals surface area contributed by atoms with Crippen molar-refractivity contribution in [1.29, 1.82) is 0 Å². The number of pyridine rings is 1. The van der Waals surface area contributed by atoms with E-state index >= 15 is 0 Å². The Hall–Kier alpha value is -1.42. The summed E-state index contributed by atoms with van der Waals surface area (Å²) in [5.41, 5.74) is 1.77. The minimum atomic E-state index is -0.0885. The second-order valence-corrected chi connectivity index (χ2v) is 5.59. The molecule has 0 bridgehead atoms. The molecule has 1 aliphatic carbocycles. The van der Waals surface area contributed by atoms with Gasteiger partial charge >= 0.3 is 0 Å². The molecule has 0 aromatic carbocycles. The highest BCUT2D eigenvalue weighted by molar-refractivity contribution is 5.78. The molecule has 0 atom stereocenters. The van der Waals surface area contributed by atoms with Gasteiger partial charge in [-0.15, -0.1) is 0 Å². The highest BCUT2D eigenvalue weighted by Gasteiger charge is 2.33. The van der Waals surface area contributed by atoms with E-state index in [1.165, 1.54) is 0 Å². The zero-order chi connectivity index (χ0) is 13.7. The summed E-state index contributed by atoms with van der Waals surface area (Å²) < 4.78 is 0. The minimum absolute atomic E-state index is 0.0125. The fourth-order valence-corrected chi connectivity index (χ4v) is 2.72. The van der Waals surface area contributed by atoms with Gasteiger partial charge in [0, 0.05) is 18.2 Å². The van der Waals surface area contributed by atoms with Crippen LogP contribution in [0.2, 0.25) is 0 Å². The van der Waals surface area contributed by atoms with Crippen LogP contribution in [0.1, 0.15) is 36.9 Å². The molecule has 1 aliphatic rings. The van der Waals surface area contributed by atoms with E-state index in [4.69, 9.17) is 0 Å². The fourth-order valence-electron chi connectivity index (χ4n) is 2.72. The molecule has 0 spiro atoms. The maximum absolute atomic E-state index is 11.9. The number of aromatic nitrogens is 1. The van der Waals surface area contributed by atoms with E-state index in [1.54, 1.807) is 6.20 Å². The van der Waals surface area contributed by atoms with Gasteiger partial charge in [0.15, 0.2) is 0 Å². The second kappa shape index (κ2) is 6.15. The molecular formula is C15H22N2O2. The fraction of sp³-hybridized carbons (Fsp3) is 0.600. The third kappa shape index (κ3) is 3.53. The molecule has 0 unspecified atom stereocenters. The molecule has 2 rings (SSSR count). The number of hydrogen-bond donors (Lipinski definition) is 2. The number of nitrogens with zero attached hydrogens (tertiary/aromatic N) is 1. The van der Waals surface area contributed by atoms with Crippen LogP contribution in [0.5, 0.6) is 0 Å². The van der Waals surface area contributed by atoms with Crippen LogP contribution in [0, 0.1) is 12.3 Å². The van der Waals surface area contributed by atoms with Gasteiger partial charge in [-0.2, -0.15) is 0 Å². The number of aryl methyl sites for hydroxylation is 1. The summed E-state index contributed by atoms with van der Waals surface area (Å²) >= 11 is 0. The highest BCUT2D eigenvalue weighted by Crippen LogP contribution is 2.36.